The molecule has 1 fully saturated rings. The average molecular weight is 417 g/mol. The molecule has 3 heterocycles. The minimum absolute atomic E-state index is 0.197. The largest absolute Gasteiger partial charge is 0.490 e. The Bertz CT molecular complexity index is 808. The number of oxazole rings is 1. The highest BCUT2D eigenvalue weighted by molar-refractivity contribution is 7.09. The number of fused-ring (bicyclic) bond motifs is 1. The zero-order valence-corrected chi connectivity index (χ0v) is 15.5. The van der Waals surface area contributed by atoms with Gasteiger partial charge in [0, 0.05) is 18.0 Å². The third-order valence-corrected chi connectivity index (χ3v) is 5.05. The highest BCUT2D eigenvalue weighted by Gasteiger charge is 2.38. The number of carbonyl (C=O) groups excluding carboxylic acids is 1. The number of carbonyl (C=O) groups is 2. The summed E-state index contributed by atoms with van der Waals surface area (Å²) in [4.78, 5) is 28.8. The van der Waals surface area contributed by atoms with Gasteiger partial charge in [0.1, 0.15) is 5.76 Å². The molecule has 2 aromatic rings. The number of nitrogens with zero attached hydrogens (tertiary/aromatic N) is 2. The SMILES string of the molecule is O=C(NCc1cccs1)c1nc2c(o1)CN(CC1CC1)C2.O=C(O)C(F)(F)F. The second-order valence-electron chi connectivity index (χ2n) is 6.57. The Labute approximate surface area is 162 Å². The lowest BCUT2D eigenvalue weighted by atomic mass is 10.4. The molecule has 1 aliphatic heterocycles. The van der Waals surface area contributed by atoms with Crippen molar-refractivity contribution >= 4 is 23.2 Å². The van der Waals surface area contributed by atoms with Crippen molar-refractivity contribution in [3.05, 3.63) is 39.7 Å². The van der Waals surface area contributed by atoms with Crippen LogP contribution in [0.15, 0.2) is 21.9 Å². The van der Waals surface area contributed by atoms with E-state index in [-0.39, 0.29) is 11.8 Å². The van der Waals surface area contributed by atoms with Crippen LogP contribution in [-0.4, -0.2) is 39.6 Å². The van der Waals surface area contributed by atoms with Crippen LogP contribution >= 0.6 is 11.3 Å². The van der Waals surface area contributed by atoms with Crippen LogP contribution in [-0.2, 0) is 24.4 Å². The number of aromatic nitrogens is 1. The molecule has 0 aromatic carbocycles. The van der Waals surface area contributed by atoms with Crippen LogP contribution in [0, 0.1) is 5.92 Å². The first-order chi connectivity index (χ1) is 13.2. The van der Waals surface area contributed by atoms with Gasteiger partial charge in [-0.1, -0.05) is 6.07 Å². The standard InChI is InChI=1S/C15H17N3O2S.C2HF3O2/c19-14(16-6-11-2-1-5-21-11)15-17-12-8-18(7-10-3-4-10)9-13(12)20-15;3-2(4,5)1(6)7/h1-2,5,10H,3-4,6-9H2,(H,16,19);(H,6,7). The van der Waals surface area contributed by atoms with Crippen molar-refractivity contribution in [2.24, 2.45) is 5.92 Å². The van der Waals surface area contributed by atoms with E-state index >= 15 is 0 Å². The lowest BCUT2D eigenvalue weighted by Gasteiger charge is -2.12. The molecule has 11 heteroatoms. The number of amides is 1. The molecule has 0 bridgehead atoms. The highest BCUT2D eigenvalue weighted by atomic mass is 32.1. The molecule has 2 aromatic heterocycles. The van der Waals surface area contributed by atoms with Crippen LogP contribution in [0.1, 0.15) is 39.9 Å². The van der Waals surface area contributed by atoms with Crippen molar-refractivity contribution in [2.75, 3.05) is 6.54 Å². The van der Waals surface area contributed by atoms with Gasteiger partial charge in [-0.05, 0) is 30.2 Å². The Kier molecular flexibility index (Phi) is 6.04. The predicted octanol–water partition coefficient (Wildman–Crippen LogP) is 3.03. The maximum atomic E-state index is 12.0. The van der Waals surface area contributed by atoms with Crippen LogP contribution < -0.4 is 5.32 Å². The Morgan fingerprint density at radius 3 is 2.61 bits per heavy atom. The van der Waals surface area contributed by atoms with Crippen molar-refractivity contribution < 1.29 is 32.3 Å². The van der Waals surface area contributed by atoms with E-state index in [1.165, 1.54) is 12.8 Å². The summed E-state index contributed by atoms with van der Waals surface area (Å²) in [6.45, 7) is 3.26. The number of halogens is 3. The number of carboxylic acids is 1. The van der Waals surface area contributed by atoms with Gasteiger partial charge in [-0.2, -0.15) is 13.2 Å². The monoisotopic (exact) mass is 417 g/mol. The van der Waals surface area contributed by atoms with Gasteiger partial charge in [-0.25, -0.2) is 9.78 Å². The van der Waals surface area contributed by atoms with Crippen LogP contribution in [0.3, 0.4) is 0 Å². The van der Waals surface area contributed by atoms with Crippen molar-refractivity contribution in [2.45, 2.75) is 38.7 Å². The van der Waals surface area contributed by atoms with E-state index in [0.29, 0.717) is 6.54 Å². The number of carboxylic acid groups (broad SMARTS) is 1. The molecule has 0 unspecified atom stereocenters. The Morgan fingerprint density at radius 2 is 2.07 bits per heavy atom. The van der Waals surface area contributed by atoms with Crippen molar-refractivity contribution in [3.63, 3.8) is 0 Å². The Morgan fingerprint density at radius 1 is 1.36 bits per heavy atom. The molecule has 2 N–H and O–H groups in total. The topological polar surface area (TPSA) is 95.7 Å². The van der Waals surface area contributed by atoms with Crippen LogP contribution in [0.25, 0.3) is 0 Å². The van der Waals surface area contributed by atoms with Crippen LogP contribution in [0.2, 0.25) is 0 Å². The first-order valence-corrected chi connectivity index (χ1v) is 9.42. The quantitative estimate of drug-likeness (QED) is 0.777. The number of thiophene rings is 1. The number of rotatable bonds is 5. The molecule has 1 aliphatic carbocycles. The van der Waals surface area contributed by atoms with Gasteiger partial charge in [-0.3, -0.25) is 9.69 Å². The van der Waals surface area contributed by atoms with Crippen molar-refractivity contribution in [3.8, 4) is 0 Å². The smallest absolute Gasteiger partial charge is 0.475 e. The minimum Gasteiger partial charge on any atom is -0.475 e. The van der Waals surface area contributed by atoms with Crippen LogP contribution in [0.5, 0.6) is 0 Å². The van der Waals surface area contributed by atoms with Crippen molar-refractivity contribution in [1.29, 1.82) is 0 Å². The number of aliphatic carboxylic acids is 1. The van der Waals surface area contributed by atoms with E-state index in [2.05, 4.69) is 15.2 Å². The van der Waals surface area contributed by atoms with Gasteiger partial charge in [0.25, 0.3) is 5.89 Å². The van der Waals surface area contributed by atoms with E-state index in [1.54, 1.807) is 11.3 Å². The molecule has 0 radical (unpaired) electrons. The number of nitrogens with one attached hydrogen (secondary N) is 1. The molecule has 7 nitrogen and oxygen atoms in total. The molecular weight excluding hydrogens is 399 g/mol. The summed E-state index contributed by atoms with van der Waals surface area (Å²) in [6, 6.07) is 3.97. The fraction of sp³-hybridized carbons (Fsp3) is 0.471. The third-order valence-electron chi connectivity index (χ3n) is 4.17. The molecule has 0 saturated heterocycles. The van der Waals surface area contributed by atoms with E-state index in [9.17, 15) is 18.0 Å². The summed E-state index contributed by atoms with van der Waals surface area (Å²) in [5.74, 6) is -1.07. The molecule has 1 amide bonds. The molecule has 152 valence electrons. The molecule has 28 heavy (non-hydrogen) atoms. The Hall–Kier alpha value is -2.40. The van der Waals surface area contributed by atoms with E-state index in [4.69, 9.17) is 14.3 Å². The zero-order chi connectivity index (χ0) is 20.3. The first-order valence-electron chi connectivity index (χ1n) is 8.54. The average Bonchev–Trinajstić information content (AvgIpc) is 2.98. The summed E-state index contributed by atoms with van der Waals surface area (Å²) < 4.78 is 37.4. The van der Waals surface area contributed by atoms with Gasteiger partial charge >= 0.3 is 18.1 Å². The third kappa shape index (κ3) is 5.55. The summed E-state index contributed by atoms with van der Waals surface area (Å²) in [5, 5.41) is 12.0. The lowest BCUT2D eigenvalue weighted by Crippen LogP contribution is -2.23. The minimum atomic E-state index is -5.08. The van der Waals surface area contributed by atoms with E-state index in [1.807, 2.05) is 17.5 Å². The van der Waals surface area contributed by atoms with Gasteiger partial charge in [-0.15, -0.1) is 11.3 Å². The van der Waals surface area contributed by atoms with E-state index < -0.39 is 12.1 Å². The summed E-state index contributed by atoms with van der Waals surface area (Å²) in [6.07, 6.45) is -2.39. The molecule has 1 saturated carbocycles. The fourth-order valence-corrected chi connectivity index (χ4v) is 3.29. The Balaban J connectivity index is 0.000000279. The van der Waals surface area contributed by atoms with Gasteiger partial charge < -0.3 is 14.8 Å². The normalized spacial score (nSPS) is 16.2. The second-order valence-corrected chi connectivity index (χ2v) is 7.60. The molecule has 0 atom stereocenters. The van der Waals surface area contributed by atoms with Gasteiger partial charge in [0.05, 0.1) is 18.8 Å². The first kappa shape index (κ1) is 20.3. The zero-order valence-electron chi connectivity index (χ0n) is 14.7. The molecule has 4 rings (SSSR count). The number of alkyl halides is 3. The maximum Gasteiger partial charge on any atom is 0.490 e. The van der Waals surface area contributed by atoms with Gasteiger partial charge in [0.2, 0.25) is 0 Å². The summed E-state index contributed by atoms with van der Waals surface area (Å²) >= 11 is 1.62. The van der Waals surface area contributed by atoms with Gasteiger partial charge in [0.15, 0.2) is 0 Å². The molecule has 0 spiro atoms. The summed E-state index contributed by atoms with van der Waals surface area (Å²) in [7, 11) is 0. The number of hydrogen-bond donors (Lipinski definition) is 2. The second kappa shape index (κ2) is 8.31. The number of hydrogen-bond acceptors (Lipinski definition) is 6. The summed E-state index contributed by atoms with van der Waals surface area (Å²) in [5.41, 5.74) is 0.928. The highest BCUT2D eigenvalue weighted by Crippen LogP contribution is 2.33. The predicted molar refractivity (Wildman–Crippen MR) is 92.5 cm³/mol. The van der Waals surface area contributed by atoms with Crippen LogP contribution in [0.4, 0.5) is 13.2 Å². The fourth-order valence-electron chi connectivity index (χ4n) is 2.65. The molecule has 2 aliphatic rings. The molecular formula is C17H18F3N3O4S. The van der Waals surface area contributed by atoms with Crippen molar-refractivity contribution in [1.82, 2.24) is 15.2 Å². The van der Waals surface area contributed by atoms with E-state index in [0.717, 1.165) is 41.9 Å². The lowest BCUT2D eigenvalue weighted by molar-refractivity contribution is -0.192. The maximum absolute atomic E-state index is 12.0.